The molecule has 0 aliphatic carbocycles. The molecular weight excluding hydrogens is 350 g/mol. The molecule has 0 atom stereocenters. The second kappa shape index (κ2) is 6.32. The van der Waals surface area contributed by atoms with Crippen molar-refractivity contribution >= 4 is 33.0 Å². The van der Waals surface area contributed by atoms with E-state index in [4.69, 9.17) is 4.74 Å². The number of rotatable bonds is 5. The number of ether oxygens (including phenoxy) is 1. The van der Waals surface area contributed by atoms with E-state index >= 15 is 0 Å². The van der Waals surface area contributed by atoms with Gasteiger partial charge in [-0.05, 0) is 29.6 Å². The van der Waals surface area contributed by atoms with Crippen molar-refractivity contribution in [3.8, 4) is 16.3 Å². The Morgan fingerprint density at radius 3 is 3.05 bits per heavy atom. The topological polar surface area (TPSA) is 49.9 Å². The summed E-state index contributed by atoms with van der Waals surface area (Å²) in [5, 5.41) is 12.7. The zero-order valence-corrected chi connectivity index (χ0v) is 13.8. The number of benzene rings is 1. The van der Waals surface area contributed by atoms with E-state index in [1.165, 1.54) is 4.88 Å². The summed E-state index contributed by atoms with van der Waals surface area (Å²) >= 11 is 5.17. The molecule has 3 aromatic rings. The van der Waals surface area contributed by atoms with Gasteiger partial charge in [-0.25, -0.2) is 0 Å². The molecule has 0 saturated carbocycles. The van der Waals surface area contributed by atoms with Gasteiger partial charge in [0.25, 0.3) is 0 Å². The lowest BCUT2D eigenvalue weighted by atomic mass is 10.2. The number of anilines is 1. The quantitative estimate of drug-likeness (QED) is 0.700. The molecule has 2 heterocycles. The van der Waals surface area contributed by atoms with Crippen LogP contribution in [0, 0.1) is 0 Å². The summed E-state index contributed by atoms with van der Waals surface area (Å²) in [5.74, 6) is 0.819. The Hall–Kier alpha value is -1.79. The van der Waals surface area contributed by atoms with Crippen LogP contribution in [0.15, 0.2) is 46.4 Å². The molecule has 0 aliphatic rings. The van der Waals surface area contributed by atoms with E-state index in [9.17, 15) is 0 Å². The van der Waals surface area contributed by atoms with Gasteiger partial charge in [-0.3, -0.25) is 5.10 Å². The van der Waals surface area contributed by atoms with E-state index in [1.54, 1.807) is 18.4 Å². The molecule has 1 aromatic carbocycles. The minimum Gasteiger partial charge on any atom is -0.495 e. The highest BCUT2D eigenvalue weighted by Crippen LogP contribution is 2.30. The fourth-order valence-electron chi connectivity index (χ4n) is 2.09. The summed E-state index contributed by atoms with van der Waals surface area (Å²) < 4.78 is 6.38. The molecule has 0 aliphatic heterocycles. The van der Waals surface area contributed by atoms with Crippen LogP contribution < -0.4 is 10.1 Å². The van der Waals surface area contributed by atoms with Gasteiger partial charge >= 0.3 is 0 Å². The van der Waals surface area contributed by atoms with Crippen molar-refractivity contribution in [2.45, 2.75) is 6.54 Å². The Bertz CT molecular complexity index is 724. The molecule has 0 saturated heterocycles. The summed E-state index contributed by atoms with van der Waals surface area (Å²) in [6.45, 7) is 0.677. The first-order valence-electron chi connectivity index (χ1n) is 6.41. The van der Waals surface area contributed by atoms with Gasteiger partial charge < -0.3 is 10.1 Å². The first kappa shape index (κ1) is 14.2. The van der Waals surface area contributed by atoms with Gasteiger partial charge in [0.05, 0.1) is 29.6 Å². The fraction of sp³-hybridized carbons (Fsp3) is 0.133. The van der Waals surface area contributed by atoms with Crippen LogP contribution in [0.25, 0.3) is 10.6 Å². The monoisotopic (exact) mass is 363 g/mol. The molecule has 108 valence electrons. The maximum atomic E-state index is 5.37. The maximum absolute atomic E-state index is 5.37. The van der Waals surface area contributed by atoms with Crippen molar-refractivity contribution < 1.29 is 4.74 Å². The third kappa shape index (κ3) is 3.11. The van der Waals surface area contributed by atoms with Crippen molar-refractivity contribution in [2.75, 3.05) is 12.4 Å². The third-order valence-electron chi connectivity index (χ3n) is 3.12. The number of nitrogens with one attached hydrogen (secondary N) is 2. The molecule has 3 rings (SSSR count). The summed E-state index contributed by atoms with van der Waals surface area (Å²) in [7, 11) is 1.67. The lowest BCUT2D eigenvalue weighted by molar-refractivity contribution is 0.416. The summed E-state index contributed by atoms with van der Waals surface area (Å²) in [6.07, 6.45) is 1.85. The number of thiophene rings is 1. The lowest BCUT2D eigenvalue weighted by Gasteiger charge is -2.11. The van der Waals surface area contributed by atoms with Crippen molar-refractivity contribution in [3.05, 3.63) is 51.9 Å². The lowest BCUT2D eigenvalue weighted by Crippen LogP contribution is -2.01. The number of hydrogen-bond acceptors (Lipinski definition) is 4. The smallest absolute Gasteiger partial charge is 0.142 e. The molecular formula is C15H14BrN3OS. The molecule has 0 bridgehead atoms. The summed E-state index contributed by atoms with van der Waals surface area (Å²) in [6, 6.07) is 10.0. The number of halogens is 1. The molecule has 2 N–H and O–H groups in total. The van der Waals surface area contributed by atoms with Crippen molar-refractivity contribution in [3.63, 3.8) is 0 Å². The molecule has 6 heteroatoms. The number of aromatic nitrogens is 2. The minimum absolute atomic E-state index is 0.677. The zero-order chi connectivity index (χ0) is 14.7. The van der Waals surface area contributed by atoms with Crippen LogP contribution in [0.4, 0.5) is 5.69 Å². The molecule has 0 unspecified atom stereocenters. The van der Waals surface area contributed by atoms with Crippen LogP contribution in [0.2, 0.25) is 0 Å². The highest BCUT2D eigenvalue weighted by molar-refractivity contribution is 9.10. The predicted molar refractivity (Wildman–Crippen MR) is 89.9 cm³/mol. The van der Waals surface area contributed by atoms with Gasteiger partial charge in [0.2, 0.25) is 0 Å². The molecule has 0 amide bonds. The van der Waals surface area contributed by atoms with E-state index in [2.05, 4.69) is 42.9 Å². The number of aromatic amines is 1. The summed E-state index contributed by atoms with van der Waals surface area (Å²) in [4.78, 5) is 1.19. The second-order valence-electron chi connectivity index (χ2n) is 4.45. The first-order valence-corrected chi connectivity index (χ1v) is 8.08. The standard InChI is InChI=1S/C15H14BrN3OS/c1-20-13-5-4-11(16)7-12(13)17-8-10-9-18-19-15(10)14-3-2-6-21-14/h2-7,9,17H,8H2,1H3,(H,18,19). The van der Waals surface area contributed by atoms with Gasteiger partial charge in [0.1, 0.15) is 5.75 Å². The number of H-pyrrole nitrogens is 1. The second-order valence-corrected chi connectivity index (χ2v) is 6.31. The minimum atomic E-state index is 0.677. The van der Waals surface area contributed by atoms with Crippen molar-refractivity contribution in [2.24, 2.45) is 0 Å². The highest BCUT2D eigenvalue weighted by atomic mass is 79.9. The van der Waals surface area contributed by atoms with Crippen LogP contribution >= 0.6 is 27.3 Å². The van der Waals surface area contributed by atoms with Crippen LogP contribution in [-0.4, -0.2) is 17.3 Å². The van der Waals surface area contributed by atoms with Crippen LogP contribution in [0.1, 0.15) is 5.56 Å². The van der Waals surface area contributed by atoms with E-state index in [-0.39, 0.29) is 0 Å². The number of methoxy groups -OCH3 is 1. The Balaban J connectivity index is 1.80. The van der Waals surface area contributed by atoms with Gasteiger partial charge in [0, 0.05) is 16.6 Å². The number of hydrogen-bond donors (Lipinski definition) is 2. The van der Waals surface area contributed by atoms with Gasteiger partial charge in [0.15, 0.2) is 0 Å². The molecule has 21 heavy (non-hydrogen) atoms. The van der Waals surface area contributed by atoms with Gasteiger partial charge in [-0.2, -0.15) is 5.10 Å². The third-order valence-corrected chi connectivity index (χ3v) is 4.50. The highest BCUT2D eigenvalue weighted by Gasteiger charge is 2.10. The van der Waals surface area contributed by atoms with Crippen LogP contribution in [0.3, 0.4) is 0 Å². The molecule has 0 fully saturated rings. The van der Waals surface area contributed by atoms with Crippen molar-refractivity contribution in [1.29, 1.82) is 0 Å². The fourth-order valence-corrected chi connectivity index (χ4v) is 3.20. The van der Waals surface area contributed by atoms with Gasteiger partial charge in [-0.1, -0.05) is 22.0 Å². The Labute approximate surface area is 135 Å². The molecule has 0 spiro atoms. The maximum Gasteiger partial charge on any atom is 0.142 e. The molecule has 4 nitrogen and oxygen atoms in total. The van der Waals surface area contributed by atoms with E-state index in [0.717, 1.165) is 27.2 Å². The van der Waals surface area contributed by atoms with Crippen molar-refractivity contribution in [1.82, 2.24) is 10.2 Å². The predicted octanol–water partition coefficient (Wildman–Crippen LogP) is 4.52. The average Bonchev–Trinajstić information content (AvgIpc) is 3.16. The Morgan fingerprint density at radius 1 is 1.38 bits per heavy atom. The van der Waals surface area contributed by atoms with Crippen LogP contribution in [-0.2, 0) is 6.54 Å². The normalized spacial score (nSPS) is 10.6. The average molecular weight is 364 g/mol. The van der Waals surface area contributed by atoms with E-state index in [0.29, 0.717) is 6.54 Å². The molecule has 2 aromatic heterocycles. The molecule has 0 radical (unpaired) electrons. The van der Waals surface area contributed by atoms with E-state index < -0.39 is 0 Å². The number of nitrogens with zero attached hydrogens (tertiary/aromatic N) is 1. The Kier molecular flexibility index (Phi) is 4.26. The Morgan fingerprint density at radius 2 is 2.29 bits per heavy atom. The van der Waals surface area contributed by atoms with Crippen LogP contribution in [0.5, 0.6) is 5.75 Å². The van der Waals surface area contributed by atoms with Gasteiger partial charge in [-0.15, -0.1) is 11.3 Å². The largest absolute Gasteiger partial charge is 0.495 e. The summed E-state index contributed by atoms with van der Waals surface area (Å²) in [5.41, 5.74) is 3.14. The SMILES string of the molecule is COc1ccc(Br)cc1NCc1cn[nH]c1-c1cccs1. The van der Waals surface area contributed by atoms with E-state index in [1.807, 2.05) is 30.5 Å². The zero-order valence-electron chi connectivity index (χ0n) is 11.4. The first-order chi connectivity index (χ1) is 10.3.